The van der Waals surface area contributed by atoms with Crippen LogP contribution in [0.25, 0.3) is 22.0 Å². The van der Waals surface area contributed by atoms with E-state index in [1.54, 1.807) is 23.8 Å². The number of hydrogen-bond acceptors (Lipinski definition) is 7. The Kier molecular flexibility index (Phi) is 5.50. The van der Waals surface area contributed by atoms with E-state index in [4.69, 9.17) is 4.74 Å². The van der Waals surface area contributed by atoms with Crippen molar-refractivity contribution in [1.29, 1.82) is 0 Å². The summed E-state index contributed by atoms with van der Waals surface area (Å²) in [6.45, 7) is 2.05. The van der Waals surface area contributed by atoms with Crippen molar-refractivity contribution in [2.75, 3.05) is 7.11 Å². The average Bonchev–Trinajstić information content (AvgIpc) is 3.45. The van der Waals surface area contributed by atoms with E-state index in [0.717, 1.165) is 33.5 Å². The molecule has 0 aliphatic rings. The molecule has 7 nitrogen and oxygen atoms in total. The highest BCUT2D eigenvalue weighted by Crippen LogP contribution is 2.30. The Hall–Kier alpha value is -3.43. The highest BCUT2D eigenvalue weighted by atomic mass is 32.2. The van der Waals surface area contributed by atoms with Crippen LogP contribution in [-0.4, -0.2) is 31.3 Å². The highest BCUT2D eigenvalue weighted by molar-refractivity contribution is 7.98. The van der Waals surface area contributed by atoms with Crippen LogP contribution in [0.2, 0.25) is 0 Å². The molecule has 0 saturated carbocycles. The number of nitrogens with zero attached hydrogens (tertiary/aromatic N) is 5. The third-order valence-electron chi connectivity index (χ3n) is 4.95. The molecule has 0 N–H and O–H groups in total. The largest absolute Gasteiger partial charge is 0.497 e. The van der Waals surface area contributed by atoms with Crippen molar-refractivity contribution in [3.8, 4) is 22.8 Å². The molecule has 5 aromatic rings. The molecule has 0 unspecified atom stereocenters. The smallest absolute Gasteiger partial charge is 0.258 e. The minimum Gasteiger partial charge on any atom is -0.497 e. The van der Waals surface area contributed by atoms with Gasteiger partial charge < -0.3 is 4.74 Å². The van der Waals surface area contributed by atoms with Gasteiger partial charge in [0.2, 0.25) is 0 Å². The quantitative estimate of drug-likeness (QED) is 0.344. The van der Waals surface area contributed by atoms with E-state index in [9.17, 15) is 4.79 Å². The maximum atomic E-state index is 12.3. The van der Waals surface area contributed by atoms with Crippen LogP contribution in [0, 0.1) is 6.92 Å². The Balaban J connectivity index is 1.54. The molecule has 3 aromatic heterocycles. The first kappa shape index (κ1) is 20.5. The lowest BCUT2D eigenvalue weighted by atomic mass is 10.1. The van der Waals surface area contributed by atoms with E-state index in [-0.39, 0.29) is 5.56 Å². The van der Waals surface area contributed by atoms with E-state index in [0.29, 0.717) is 16.4 Å². The maximum Gasteiger partial charge on any atom is 0.258 e. The highest BCUT2D eigenvalue weighted by Gasteiger charge is 2.17. The lowest BCUT2D eigenvalue weighted by molar-refractivity contribution is 0.414. The lowest BCUT2D eigenvalue weighted by Crippen LogP contribution is -2.12. The van der Waals surface area contributed by atoms with E-state index in [1.807, 2.05) is 46.3 Å². The monoisotopic (exact) mass is 461 g/mol. The number of hydrogen-bond donors (Lipinski definition) is 0. The van der Waals surface area contributed by atoms with Gasteiger partial charge in [-0.25, -0.2) is 4.98 Å². The molecule has 0 amide bonds. The van der Waals surface area contributed by atoms with E-state index < -0.39 is 0 Å². The van der Waals surface area contributed by atoms with Gasteiger partial charge in [-0.3, -0.25) is 13.8 Å². The van der Waals surface area contributed by atoms with Crippen molar-refractivity contribution in [1.82, 2.24) is 24.1 Å². The summed E-state index contributed by atoms with van der Waals surface area (Å²) in [6.07, 6.45) is 1.74. The average molecular weight is 462 g/mol. The van der Waals surface area contributed by atoms with Gasteiger partial charge in [0.1, 0.15) is 5.75 Å². The molecule has 5 rings (SSSR count). The number of thiazole rings is 1. The number of rotatable bonds is 6. The van der Waals surface area contributed by atoms with Gasteiger partial charge in [0.25, 0.3) is 5.56 Å². The summed E-state index contributed by atoms with van der Waals surface area (Å²) in [5.74, 6) is 2.04. The molecule has 0 atom stereocenters. The second-order valence-electron chi connectivity index (χ2n) is 7.14. The number of benzene rings is 2. The SMILES string of the molecule is COc1ccc(-n2c(SCc3cc(=O)n4ccsc4n3)nnc2-c2cccc(C)c2)cc1. The van der Waals surface area contributed by atoms with Crippen molar-refractivity contribution in [3.05, 3.63) is 87.8 Å². The molecule has 0 spiro atoms. The summed E-state index contributed by atoms with van der Waals surface area (Å²) in [5.41, 5.74) is 3.69. The van der Waals surface area contributed by atoms with Crippen LogP contribution in [0.15, 0.2) is 76.1 Å². The van der Waals surface area contributed by atoms with Crippen molar-refractivity contribution in [3.63, 3.8) is 0 Å². The third-order valence-corrected chi connectivity index (χ3v) is 6.66. The molecule has 0 bridgehead atoms. The number of fused-ring (bicyclic) bond motifs is 1. The van der Waals surface area contributed by atoms with Crippen LogP contribution in [0.5, 0.6) is 5.75 Å². The number of aromatic nitrogens is 5. The van der Waals surface area contributed by atoms with Crippen LogP contribution in [-0.2, 0) is 5.75 Å². The Morgan fingerprint density at radius 2 is 1.94 bits per heavy atom. The first-order valence-electron chi connectivity index (χ1n) is 9.88. The molecule has 0 fully saturated rings. The Morgan fingerprint density at radius 1 is 1.09 bits per heavy atom. The van der Waals surface area contributed by atoms with Crippen LogP contribution >= 0.6 is 23.1 Å². The molecule has 9 heteroatoms. The van der Waals surface area contributed by atoms with E-state index in [2.05, 4.69) is 34.2 Å². The van der Waals surface area contributed by atoms with Crippen LogP contribution < -0.4 is 10.3 Å². The number of aryl methyl sites for hydroxylation is 1. The zero-order chi connectivity index (χ0) is 22.1. The predicted octanol–water partition coefficient (Wildman–Crippen LogP) is 4.61. The van der Waals surface area contributed by atoms with Gasteiger partial charge >= 0.3 is 0 Å². The minimum atomic E-state index is -0.0797. The fourth-order valence-electron chi connectivity index (χ4n) is 3.40. The molecule has 2 aromatic carbocycles. The molecule has 0 radical (unpaired) electrons. The van der Waals surface area contributed by atoms with Crippen LogP contribution in [0.1, 0.15) is 11.3 Å². The second kappa shape index (κ2) is 8.60. The third kappa shape index (κ3) is 3.92. The molecular weight excluding hydrogens is 442 g/mol. The Labute approximate surface area is 192 Å². The first-order valence-corrected chi connectivity index (χ1v) is 11.7. The second-order valence-corrected chi connectivity index (χ2v) is 8.95. The summed E-state index contributed by atoms with van der Waals surface area (Å²) >= 11 is 2.94. The number of thioether (sulfide) groups is 1. The number of methoxy groups -OCH3 is 1. The zero-order valence-electron chi connectivity index (χ0n) is 17.4. The van der Waals surface area contributed by atoms with Gasteiger partial charge in [-0.15, -0.1) is 21.5 Å². The Bertz CT molecular complexity index is 1450. The van der Waals surface area contributed by atoms with Gasteiger partial charge in [0.15, 0.2) is 15.9 Å². The summed E-state index contributed by atoms with van der Waals surface area (Å²) in [6, 6.07) is 17.5. The van der Waals surface area contributed by atoms with Crippen molar-refractivity contribution < 1.29 is 4.74 Å². The van der Waals surface area contributed by atoms with Crippen molar-refractivity contribution in [2.45, 2.75) is 17.8 Å². The van der Waals surface area contributed by atoms with Gasteiger partial charge in [0, 0.05) is 34.6 Å². The van der Waals surface area contributed by atoms with Crippen molar-refractivity contribution >= 4 is 28.1 Å². The lowest BCUT2D eigenvalue weighted by Gasteiger charge is -2.11. The Morgan fingerprint density at radius 3 is 2.72 bits per heavy atom. The van der Waals surface area contributed by atoms with E-state index in [1.165, 1.54) is 23.1 Å². The topological polar surface area (TPSA) is 74.3 Å². The standard InChI is InChI=1S/C23H19N5O2S2/c1-15-4-3-5-16(12-15)21-25-26-23(28(21)18-6-8-19(30-2)9-7-18)32-14-17-13-20(29)27-10-11-31-22(27)24-17/h3-13H,14H2,1-2H3. The maximum absolute atomic E-state index is 12.3. The van der Waals surface area contributed by atoms with E-state index >= 15 is 0 Å². The summed E-state index contributed by atoms with van der Waals surface area (Å²) < 4.78 is 8.88. The summed E-state index contributed by atoms with van der Waals surface area (Å²) in [5, 5.41) is 11.5. The normalized spacial score (nSPS) is 11.2. The molecular formula is C23H19N5O2S2. The molecule has 0 aliphatic carbocycles. The zero-order valence-corrected chi connectivity index (χ0v) is 19.1. The van der Waals surface area contributed by atoms with Gasteiger partial charge in [-0.1, -0.05) is 35.5 Å². The minimum absolute atomic E-state index is 0.0797. The summed E-state index contributed by atoms with van der Waals surface area (Å²) in [7, 11) is 1.65. The number of ether oxygens (including phenoxy) is 1. The van der Waals surface area contributed by atoms with Gasteiger partial charge in [-0.05, 0) is 37.3 Å². The van der Waals surface area contributed by atoms with Gasteiger partial charge in [-0.2, -0.15) is 0 Å². The van der Waals surface area contributed by atoms with Crippen LogP contribution in [0.4, 0.5) is 0 Å². The molecule has 0 aliphatic heterocycles. The fourth-order valence-corrected chi connectivity index (χ4v) is 4.98. The molecule has 3 heterocycles. The van der Waals surface area contributed by atoms with Crippen LogP contribution in [0.3, 0.4) is 0 Å². The summed E-state index contributed by atoms with van der Waals surface area (Å²) in [4.78, 5) is 17.6. The fraction of sp³-hybridized carbons (Fsp3) is 0.130. The molecule has 0 saturated heterocycles. The molecule has 160 valence electrons. The van der Waals surface area contributed by atoms with Crippen molar-refractivity contribution in [2.24, 2.45) is 0 Å². The predicted molar refractivity (Wildman–Crippen MR) is 127 cm³/mol. The first-order chi connectivity index (χ1) is 15.6. The van der Waals surface area contributed by atoms with Gasteiger partial charge in [0.05, 0.1) is 12.8 Å². The molecule has 32 heavy (non-hydrogen) atoms.